The number of hydrogen-bond donors (Lipinski definition) is 0. The van der Waals surface area contributed by atoms with Crippen LogP contribution in [0.4, 0.5) is 0 Å². The van der Waals surface area contributed by atoms with Crippen LogP contribution in [0.2, 0.25) is 0 Å². The molecule has 2 aliphatic rings. The van der Waals surface area contributed by atoms with Crippen LogP contribution >= 0.6 is 0 Å². The molecule has 104 valence electrons. The molecule has 1 amide bonds. The van der Waals surface area contributed by atoms with E-state index in [1.54, 1.807) is 0 Å². The van der Waals surface area contributed by atoms with Crippen LogP contribution in [0.3, 0.4) is 0 Å². The van der Waals surface area contributed by atoms with Gasteiger partial charge in [0.25, 0.3) is 0 Å². The van der Waals surface area contributed by atoms with E-state index in [1.165, 1.54) is 51.4 Å². The van der Waals surface area contributed by atoms with E-state index in [-0.39, 0.29) is 0 Å². The van der Waals surface area contributed by atoms with Gasteiger partial charge in [-0.25, -0.2) is 0 Å². The summed E-state index contributed by atoms with van der Waals surface area (Å²) < 4.78 is 0. The van der Waals surface area contributed by atoms with E-state index in [1.807, 2.05) is 0 Å². The second-order valence-corrected chi connectivity index (χ2v) is 6.25. The van der Waals surface area contributed by atoms with Gasteiger partial charge in [0.1, 0.15) is 0 Å². The lowest BCUT2D eigenvalue weighted by molar-refractivity contribution is -0.137. The van der Waals surface area contributed by atoms with Gasteiger partial charge in [-0.2, -0.15) is 0 Å². The molecule has 0 N–H and O–H groups in total. The van der Waals surface area contributed by atoms with Crippen LogP contribution in [0.25, 0.3) is 0 Å². The van der Waals surface area contributed by atoms with E-state index >= 15 is 0 Å². The Balaban J connectivity index is 1.73. The van der Waals surface area contributed by atoms with Gasteiger partial charge >= 0.3 is 0 Å². The third-order valence-corrected chi connectivity index (χ3v) is 4.83. The molecular formula is C16H29NO. The normalized spacial score (nSPS) is 29.3. The topological polar surface area (TPSA) is 20.3 Å². The largest absolute Gasteiger partial charge is 0.342 e. The van der Waals surface area contributed by atoms with Crippen LogP contribution in [-0.4, -0.2) is 23.9 Å². The molecule has 2 rings (SSSR count). The zero-order valence-electron chi connectivity index (χ0n) is 12.0. The number of likely N-dealkylation sites (tertiary alicyclic amines) is 1. The summed E-state index contributed by atoms with van der Waals surface area (Å²) in [6.07, 6.45) is 12.7. The second-order valence-electron chi connectivity index (χ2n) is 6.25. The van der Waals surface area contributed by atoms with Gasteiger partial charge in [-0.05, 0) is 50.9 Å². The lowest BCUT2D eigenvalue weighted by atomic mass is 9.79. The van der Waals surface area contributed by atoms with E-state index in [2.05, 4.69) is 11.8 Å². The van der Waals surface area contributed by atoms with Gasteiger partial charge in [0.2, 0.25) is 5.91 Å². The van der Waals surface area contributed by atoms with Crippen LogP contribution in [0.5, 0.6) is 0 Å². The maximum absolute atomic E-state index is 12.4. The molecule has 18 heavy (non-hydrogen) atoms. The summed E-state index contributed by atoms with van der Waals surface area (Å²) in [5.41, 5.74) is 0. The minimum atomic E-state index is 0.362. The van der Waals surface area contributed by atoms with Crippen LogP contribution in [-0.2, 0) is 4.79 Å². The Morgan fingerprint density at radius 1 is 1.06 bits per heavy atom. The van der Waals surface area contributed by atoms with Crippen molar-refractivity contribution < 1.29 is 4.79 Å². The second kappa shape index (κ2) is 7.16. The Morgan fingerprint density at radius 2 is 1.72 bits per heavy atom. The minimum Gasteiger partial charge on any atom is -0.342 e. The lowest BCUT2D eigenvalue weighted by Gasteiger charge is -2.34. The predicted molar refractivity (Wildman–Crippen MR) is 75.4 cm³/mol. The van der Waals surface area contributed by atoms with Gasteiger partial charge in [0.15, 0.2) is 0 Å². The number of carbonyl (C=O) groups excluding carboxylic acids is 1. The maximum Gasteiger partial charge on any atom is 0.225 e. The van der Waals surface area contributed by atoms with Gasteiger partial charge in [-0.3, -0.25) is 4.79 Å². The first-order valence-corrected chi connectivity index (χ1v) is 8.10. The molecule has 0 aromatic carbocycles. The molecule has 1 saturated carbocycles. The highest BCUT2D eigenvalue weighted by atomic mass is 16.2. The Bertz CT molecular complexity index is 250. The molecule has 2 fully saturated rings. The Morgan fingerprint density at radius 3 is 2.33 bits per heavy atom. The third kappa shape index (κ3) is 3.73. The monoisotopic (exact) mass is 251 g/mol. The number of rotatable bonds is 4. The van der Waals surface area contributed by atoms with Crippen molar-refractivity contribution in [2.24, 2.45) is 11.8 Å². The molecule has 0 unspecified atom stereocenters. The predicted octanol–water partition coefficient (Wildman–Crippen LogP) is 4.00. The average molecular weight is 251 g/mol. The smallest absolute Gasteiger partial charge is 0.225 e. The molecule has 0 radical (unpaired) electrons. The highest BCUT2D eigenvalue weighted by molar-refractivity contribution is 5.79. The molecule has 0 aromatic rings. The molecule has 1 heterocycles. The SMILES string of the molecule is CCCCC1CCC(C(=O)N2CCCCC2)CC1. The zero-order valence-corrected chi connectivity index (χ0v) is 12.0. The summed E-state index contributed by atoms with van der Waals surface area (Å²) in [4.78, 5) is 14.5. The third-order valence-electron chi connectivity index (χ3n) is 4.83. The minimum absolute atomic E-state index is 0.362. The van der Waals surface area contributed by atoms with Crippen molar-refractivity contribution in [1.82, 2.24) is 4.90 Å². The molecule has 1 aliphatic heterocycles. The number of amides is 1. The average Bonchev–Trinajstić information content (AvgIpc) is 2.46. The summed E-state index contributed by atoms with van der Waals surface area (Å²) in [5, 5.41) is 0. The molecule has 1 aliphatic carbocycles. The summed E-state index contributed by atoms with van der Waals surface area (Å²) in [5.74, 6) is 1.75. The molecular weight excluding hydrogens is 222 g/mol. The molecule has 2 nitrogen and oxygen atoms in total. The van der Waals surface area contributed by atoms with Crippen LogP contribution in [0.1, 0.15) is 71.1 Å². The van der Waals surface area contributed by atoms with Crippen LogP contribution in [0.15, 0.2) is 0 Å². The van der Waals surface area contributed by atoms with E-state index in [4.69, 9.17) is 0 Å². The lowest BCUT2D eigenvalue weighted by Crippen LogP contribution is -2.40. The van der Waals surface area contributed by atoms with E-state index in [0.29, 0.717) is 11.8 Å². The molecule has 0 bridgehead atoms. The van der Waals surface area contributed by atoms with Gasteiger partial charge in [-0.1, -0.05) is 26.2 Å². The van der Waals surface area contributed by atoms with E-state index < -0.39 is 0 Å². The van der Waals surface area contributed by atoms with Gasteiger partial charge in [0.05, 0.1) is 0 Å². The van der Waals surface area contributed by atoms with Crippen molar-refractivity contribution in [2.45, 2.75) is 71.1 Å². The number of hydrogen-bond acceptors (Lipinski definition) is 1. The quantitative estimate of drug-likeness (QED) is 0.739. The van der Waals surface area contributed by atoms with Gasteiger partial charge in [0, 0.05) is 19.0 Å². The Kier molecular flexibility index (Phi) is 5.52. The number of carbonyl (C=O) groups is 1. The number of piperidine rings is 1. The van der Waals surface area contributed by atoms with E-state index in [0.717, 1.165) is 31.8 Å². The maximum atomic E-state index is 12.4. The van der Waals surface area contributed by atoms with Crippen molar-refractivity contribution in [3.8, 4) is 0 Å². The van der Waals surface area contributed by atoms with Crippen LogP contribution < -0.4 is 0 Å². The Labute approximate surface area is 112 Å². The Hall–Kier alpha value is -0.530. The molecule has 0 atom stereocenters. The summed E-state index contributed by atoms with van der Waals surface area (Å²) in [7, 11) is 0. The van der Waals surface area contributed by atoms with Gasteiger partial charge < -0.3 is 4.90 Å². The highest BCUT2D eigenvalue weighted by Gasteiger charge is 2.29. The van der Waals surface area contributed by atoms with E-state index in [9.17, 15) is 4.79 Å². The van der Waals surface area contributed by atoms with Crippen LogP contribution in [0, 0.1) is 11.8 Å². The fourth-order valence-electron chi connectivity index (χ4n) is 3.56. The standard InChI is InChI=1S/C16H29NO/c1-2-3-7-14-8-10-15(11-9-14)16(18)17-12-5-4-6-13-17/h14-15H,2-13H2,1H3. The molecule has 0 aromatic heterocycles. The van der Waals surface area contributed by atoms with Crippen molar-refractivity contribution in [2.75, 3.05) is 13.1 Å². The first-order valence-electron chi connectivity index (χ1n) is 8.10. The summed E-state index contributed by atoms with van der Waals surface area (Å²) >= 11 is 0. The zero-order chi connectivity index (χ0) is 12.8. The van der Waals surface area contributed by atoms with Crippen molar-refractivity contribution >= 4 is 5.91 Å². The van der Waals surface area contributed by atoms with Gasteiger partial charge in [-0.15, -0.1) is 0 Å². The highest BCUT2D eigenvalue weighted by Crippen LogP contribution is 2.33. The first kappa shape index (κ1) is 13.9. The first-order chi connectivity index (χ1) is 8.81. The number of unbranched alkanes of at least 4 members (excludes halogenated alkanes) is 1. The van der Waals surface area contributed by atoms with Crippen molar-refractivity contribution in [3.63, 3.8) is 0 Å². The van der Waals surface area contributed by atoms with Crippen molar-refractivity contribution in [1.29, 1.82) is 0 Å². The fourth-order valence-corrected chi connectivity index (χ4v) is 3.56. The summed E-state index contributed by atoms with van der Waals surface area (Å²) in [6, 6.07) is 0. The fraction of sp³-hybridized carbons (Fsp3) is 0.938. The summed E-state index contributed by atoms with van der Waals surface area (Å²) in [6.45, 7) is 4.31. The molecule has 0 spiro atoms. The number of nitrogens with zero attached hydrogens (tertiary/aromatic N) is 1. The van der Waals surface area contributed by atoms with Crippen molar-refractivity contribution in [3.05, 3.63) is 0 Å². The molecule has 1 saturated heterocycles. The molecule has 2 heteroatoms.